The van der Waals surface area contributed by atoms with Gasteiger partial charge in [-0.25, -0.2) is 9.50 Å². The predicted octanol–water partition coefficient (Wildman–Crippen LogP) is 3.21. The molecule has 0 saturated carbocycles. The number of carbonyl (C=O) groups excluding carboxylic acids is 2. The van der Waals surface area contributed by atoms with Crippen LogP contribution < -0.4 is 10.6 Å². The quantitative estimate of drug-likeness (QED) is 0.753. The van der Waals surface area contributed by atoms with Crippen LogP contribution in [0.15, 0.2) is 30.5 Å². The summed E-state index contributed by atoms with van der Waals surface area (Å²) in [6.07, 6.45) is 1.48. The van der Waals surface area contributed by atoms with Crippen LogP contribution in [-0.4, -0.2) is 26.4 Å². The van der Waals surface area contributed by atoms with Crippen molar-refractivity contribution in [2.45, 2.75) is 20.8 Å². The Hall–Kier alpha value is -2.93. The zero-order valence-electron chi connectivity index (χ0n) is 13.9. The molecular formula is C17H16ClN5O2. The number of fused-ring (bicyclic) bond motifs is 1. The van der Waals surface area contributed by atoms with E-state index >= 15 is 0 Å². The first-order chi connectivity index (χ1) is 11.8. The van der Waals surface area contributed by atoms with E-state index < -0.39 is 0 Å². The van der Waals surface area contributed by atoms with Crippen molar-refractivity contribution in [2.24, 2.45) is 0 Å². The van der Waals surface area contributed by atoms with Crippen LogP contribution in [0, 0.1) is 13.8 Å². The maximum atomic E-state index is 12.6. The summed E-state index contributed by atoms with van der Waals surface area (Å²) in [4.78, 5) is 28.1. The minimum absolute atomic E-state index is 0.221. The number of hydrogen-bond acceptors (Lipinski definition) is 4. The molecule has 2 aromatic heterocycles. The summed E-state index contributed by atoms with van der Waals surface area (Å²) in [5.74, 6) is -0.558. The second-order valence-corrected chi connectivity index (χ2v) is 6.07. The van der Waals surface area contributed by atoms with Gasteiger partial charge >= 0.3 is 0 Å². The number of hydrogen-bond donors (Lipinski definition) is 2. The monoisotopic (exact) mass is 357 g/mol. The Morgan fingerprint density at radius 1 is 1.16 bits per heavy atom. The van der Waals surface area contributed by atoms with Gasteiger partial charge < -0.3 is 10.6 Å². The number of nitrogens with one attached hydrogen (secondary N) is 2. The maximum Gasteiger partial charge on any atom is 0.261 e. The van der Waals surface area contributed by atoms with Crippen molar-refractivity contribution in [1.82, 2.24) is 14.6 Å². The van der Waals surface area contributed by atoms with Crippen LogP contribution >= 0.6 is 11.6 Å². The topological polar surface area (TPSA) is 88.4 Å². The predicted molar refractivity (Wildman–Crippen MR) is 96.2 cm³/mol. The molecule has 128 valence electrons. The zero-order valence-corrected chi connectivity index (χ0v) is 14.7. The number of benzene rings is 1. The number of aromatic nitrogens is 3. The lowest BCUT2D eigenvalue weighted by atomic mass is 10.2. The van der Waals surface area contributed by atoms with Crippen LogP contribution in [-0.2, 0) is 4.79 Å². The lowest BCUT2D eigenvalue weighted by Crippen LogP contribution is -2.13. The van der Waals surface area contributed by atoms with E-state index in [1.165, 1.54) is 13.1 Å². The molecule has 3 aromatic rings. The van der Waals surface area contributed by atoms with Crippen molar-refractivity contribution in [3.8, 4) is 0 Å². The summed E-state index contributed by atoms with van der Waals surface area (Å²) in [6.45, 7) is 5.16. The number of rotatable bonds is 3. The summed E-state index contributed by atoms with van der Waals surface area (Å²) < 4.78 is 1.62. The van der Waals surface area contributed by atoms with E-state index in [4.69, 9.17) is 11.6 Å². The highest BCUT2D eigenvalue weighted by Gasteiger charge is 2.16. The Morgan fingerprint density at radius 3 is 2.60 bits per heavy atom. The van der Waals surface area contributed by atoms with Crippen molar-refractivity contribution >= 4 is 40.4 Å². The lowest BCUT2D eigenvalue weighted by Gasteiger charge is -2.09. The Labute approximate surface area is 149 Å². The normalized spacial score (nSPS) is 10.7. The van der Waals surface area contributed by atoms with E-state index in [1.54, 1.807) is 22.7 Å². The first-order valence-electron chi connectivity index (χ1n) is 7.55. The number of anilines is 2. The average molecular weight is 358 g/mol. The zero-order chi connectivity index (χ0) is 18.1. The van der Waals surface area contributed by atoms with Gasteiger partial charge in [-0.3, -0.25) is 9.59 Å². The first-order valence-corrected chi connectivity index (χ1v) is 7.93. The smallest absolute Gasteiger partial charge is 0.261 e. The van der Waals surface area contributed by atoms with Crippen LogP contribution in [0.25, 0.3) is 5.65 Å². The number of nitrogens with zero attached hydrogens (tertiary/aromatic N) is 3. The molecule has 0 atom stereocenters. The Balaban J connectivity index is 1.88. The van der Waals surface area contributed by atoms with Crippen molar-refractivity contribution in [2.75, 3.05) is 10.6 Å². The van der Waals surface area contributed by atoms with Crippen LogP contribution in [0.2, 0.25) is 5.02 Å². The Bertz CT molecular complexity index is 996. The fourth-order valence-electron chi connectivity index (χ4n) is 2.51. The molecule has 1 aromatic carbocycles. The van der Waals surface area contributed by atoms with Gasteiger partial charge in [0.05, 0.1) is 16.9 Å². The van der Waals surface area contributed by atoms with E-state index in [0.29, 0.717) is 27.6 Å². The van der Waals surface area contributed by atoms with Crippen molar-refractivity contribution in [3.63, 3.8) is 0 Å². The SMILES string of the molecule is CC(=O)Nc1ccc(NC(=O)c2cnn3c(C)cc(C)nc23)cc1Cl. The summed E-state index contributed by atoms with van der Waals surface area (Å²) in [5.41, 5.74) is 3.56. The summed E-state index contributed by atoms with van der Waals surface area (Å²) in [5, 5.41) is 9.92. The lowest BCUT2D eigenvalue weighted by molar-refractivity contribution is -0.114. The molecule has 7 nitrogen and oxygen atoms in total. The number of amides is 2. The standard InChI is InChI=1S/C17H16ClN5O2/c1-9-6-10(2)23-16(20-9)13(8-19-23)17(25)22-12-4-5-15(14(18)7-12)21-11(3)24/h4-8H,1-3H3,(H,21,24)(H,22,25). The third-order valence-electron chi connectivity index (χ3n) is 3.56. The molecule has 8 heteroatoms. The Kier molecular flexibility index (Phi) is 4.41. The van der Waals surface area contributed by atoms with Crippen LogP contribution in [0.3, 0.4) is 0 Å². The third kappa shape index (κ3) is 3.46. The molecular weight excluding hydrogens is 342 g/mol. The van der Waals surface area contributed by atoms with Crippen molar-refractivity contribution in [1.29, 1.82) is 0 Å². The van der Waals surface area contributed by atoms with E-state index in [-0.39, 0.29) is 11.8 Å². The highest BCUT2D eigenvalue weighted by Crippen LogP contribution is 2.26. The van der Waals surface area contributed by atoms with E-state index in [0.717, 1.165) is 11.4 Å². The maximum absolute atomic E-state index is 12.6. The van der Waals surface area contributed by atoms with Gasteiger partial charge in [0, 0.05) is 24.0 Å². The molecule has 3 rings (SSSR count). The summed E-state index contributed by atoms with van der Waals surface area (Å²) in [7, 11) is 0. The fraction of sp³-hybridized carbons (Fsp3) is 0.176. The number of carbonyl (C=O) groups is 2. The minimum atomic E-state index is -0.337. The molecule has 0 bridgehead atoms. The van der Waals surface area contributed by atoms with E-state index in [1.807, 2.05) is 19.9 Å². The summed E-state index contributed by atoms with van der Waals surface area (Å²) in [6, 6.07) is 6.75. The fourth-order valence-corrected chi connectivity index (χ4v) is 2.74. The van der Waals surface area contributed by atoms with E-state index in [9.17, 15) is 9.59 Å². The van der Waals surface area contributed by atoms with Crippen LogP contribution in [0.5, 0.6) is 0 Å². The molecule has 0 aliphatic heterocycles. The van der Waals surface area contributed by atoms with Gasteiger partial charge in [0.2, 0.25) is 5.91 Å². The third-order valence-corrected chi connectivity index (χ3v) is 3.87. The van der Waals surface area contributed by atoms with Gasteiger partial charge in [-0.2, -0.15) is 5.10 Å². The highest BCUT2D eigenvalue weighted by atomic mass is 35.5. The Morgan fingerprint density at radius 2 is 1.92 bits per heavy atom. The van der Waals surface area contributed by atoms with Gasteiger partial charge in [0.1, 0.15) is 5.56 Å². The minimum Gasteiger partial charge on any atom is -0.325 e. The van der Waals surface area contributed by atoms with E-state index in [2.05, 4.69) is 20.7 Å². The molecule has 0 aliphatic carbocycles. The second kappa shape index (κ2) is 6.52. The highest BCUT2D eigenvalue weighted by molar-refractivity contribution is 6.34. The van der Waals surface area contributed by atoms with Gasteiger partial charge in [-0.05, 0) is 38.1 Å². The molecule has 0 radical (unpaired) electrons. The number of aryl methyl sites for hydroxylation is 2. The largest absolute Gasteiger partial charge is 0.325 e. The first kappa shape index (κ1) is 16.9. The van der Waals surface area contributed by atoms with Crippen molar-refractivity contribution < 1.29 is 9.59 Å². The second-order valence-electron chi connectivity index (χ2n) is 5.66. The molecule has 2 N–H and O–H groups in total. The molecule has 0 aliphatic rings. The molecule has 0 spiro atoms. The van der Waals surface area contributed by atoms with Gasteiger partial charge in [0.15, 0.2) is 5.65 Å². The molecule has 2 amide bonds. The van der Waals surface area contributed by atoms with Crippen molar-refractivity contribution in [3.05, 3.63) is 52.4 Å². The number of halogens is 1. The van der Waals surface area contributed by atoms with Gasteiger partial charge in [0.25, 0.3) is 5.91 Å². The van der Waals surface area contributed by atoms with Gasteiger partial charge in [-0.1, -0.05) is 11.6 Å². The molecule has 0 fully saturated rings. The molecule has 2 heterocycles. The molecule has 0 unspecified atom stereocenters. The average Bonchev–Trinajstić information content (AvgIpc) is 2.93. The van der Waals surface area contributed by atoms with Gasteiger partial charge in [-0.15, -0.1) is 0 Å². The molecule has 25 heavy (non-hydrogen) atoms. The molecule has 0 saturated heterocycles. The summed E-state index contributed by atoms with van der Waals surface area (Å²) >= 11 is 6.12. The van der Waals surface area contributed by atoms with Crippen LogP contribution in [0.4, 0.5) is 11.4 Å². The van der Waals surface area contributed by atoms with Crippen LogP contribution in [0.1, 0.15) is 28.7 Å².